The quantitative estimate of drug-likeness (QED) is 0.0975. The zero-order chi connectivity index (χ0) is 34.9. The molecule has 0 atom stereocenters. The van der Waals surface area contributed by atoms with Gasteiger partial charge in [0.15, 0.2) is 0 Å². The van der Waals surface area contributed by atoms with E-state index in [-0.39, 0.29) is 49.9 Å². The van der Waals surface area contributed by atoms with E-state index < -0.39 is 29.6 Å². The van der Waals surface area contributed by atoms with Crippen LogP contribution in [0.15, 0.2) is 24.3 Å². The maximum absolute atomic E-state index is 11.5. The molecule has 3 aliphatic rings. The predicted octanol–water partition coefficient (Wildman–Crippen LogP) is -0.347. The van der Waals surface area contributed by atoms with E-state index in [0.717, 1.165) is 45.8 Å². The maximum Gasteiger partial charge on any atom is 0.333 e. The number of hydrogen-bond donors (Lipinski definition) is 4. The largest absolute Gasteiger partial charge is 0.355 e. The number of imide groups is 3. The molecule has 18 heteroatoms. The van der Waals surface area contributed by atoms with Gasteiger partial charge in [-0.15, -0.1) is 5.06 Å². The first-order valence-corrected chi connectivity index (χ1v) is 17.8. The predicted molar refractivity (Wildman–Crippen MR) is 179 cm³/mol. The molecule has 0 spiro atoms. The van der Waals surface area contributed by atoms with Crippen LogP contribution in [0.1, 0.15) is 38.5 Å². The number of carbonyl (C=O) groups is 8. The summed E-state index contributed by atoms with van der Waals surface area (Å²) in [7, 11) is 0. The molecule has 258 valence electrons. The van der Waals surface area contributed by atoms with Gasteiger partial charge in [-0.05, 0) is 25.4 Å². The minimum absolute atomic E-state index is 0.0360. The fourth-order valence-electron chi connectivity index (χ4n) is 3.39. The van der Waals surface area contributed by atoms with Crippen molar-refractivity contribution in [3.05, 3.63) is 24.3 Å². The summed E-state index contributed by atoms with van der Waals surface area (Å²) >= 11 is 7.24. The number of nitrogens with two attached hydrogens (primary N) is 2. The summed E-state index contributed by atoms with van der Waals surface area (Å²) in [5.41, 5.74) is 10.1. The minimum Gasteiger partial charge on any atom is -0.355 e. The number of nitrogens with one attached hydrogen (secondary N) is 1. The van der Waals surface area contributed by atoms with E-state index >= 15 is 0 Å². The molecule has 3 aliphatic heterocycles. The Bertz CT molecular complexity index is 1060. The Morgan fingerprint density at radius 2 is 1.22 bits per heavy atom. The average molecular weight is 705 g/mol. The number of rotatable bonds is 15. The van der Waals surface area contributed by atoms with Crippen molar-refractivity contribution in [2.45, 2.75) is 38.5 Å². The van der Waals surface area contributed by atoms with Crippen molar-refractivity contribution in [3.8, 4) is 0 Å². The standard InChI is InChI=1S/C12H12N2O6.C11H16N2O3S.C3H9NS.C2H7NS/c15-8-3-4-9(16)13(8)7-1-2-12(19)20-14-10(17)5-6-11(14)18;1-17-8-6-12-9(14)3-2-7-13-10(15)4-5-11(13)16;1-5-3-2-4;3-1-2-4/h3-4H,1-2,5-7H2;4-5H,2-3,6-8H2,1H3,(H,12,14);2-4H2,1H3;4H,1-3H2. The normalized spacial score (nSPS) is 14.9. The van der Waals surface area contributed by atoms with Gasteiger partial charge in [0.25, 0.3) is 35.4 Å². The molecular formula is C28H44N6O9S3. The monoisotopic (exact) mass is 704 g/mol. The number of hydroxylamine groups is 2. The lowest BCUT2D eigenvalue weighted by Crippen LogP contribution is -2.33. The lowest BCUT2D eigenvalue weighted by Gasteiger charge is -2.14. The first-order valence-electron chi connectivity index (χ1n) is 14.4. The van der Waals surface area contributed by atoms with E-state index in [0.29, 0.717) is 37.5 Å². The number of carbonyl (C=O) groups excluding carboxylic acids is 8. The van der Waals surface area contributed by atoms with Crippen LogP contribution in [0, 0.1) is 0 Å². The van der Waals surface area contributed by atoms with Crippen LogP contribution in [0.25, 0.3) is 0 Å². The second-order valence-electron chi connectivity index (χ2n) is 9.21. The van der Waals surface area contributed by atoms with Crippen molar-refractivity contribution in [2.24, 2.45) is 11.5 Å². The van der Waals surface area contributed by atoms with Crippen LogP contribution in [0.3, 0.4) is 0 Å². The Hall–Kier alpha value is -3.19. The molecule has 0 aliphatic carbocycles. The zero-order valence-electron chi connectivity index (χ0n) is 26.1. The van der Waals surface area contributed by atoms with Crippen molar-refractivity contribution in [3.63, 3.8) is 0 Å². The molecule has 3 rings (SSSR count). The molecule has 0 aromatic rings. The molecule has 3 heterocycles. The summed E-state index contributed by atoms with van der Waals surface area (Å²) in [5, 5.41) is 3.24. The van der Waals surface area contributed by atoms with Crippen LogP contribution in [0.5, 0.6) is 0 Å². The lowest BCUT2D eigenvalue weighted by atomic mass is 10.3. The molecule has 0 radical (unpaired) electrons. The molecule has 0 aromatic carbocycles. The first kappa shape index (κ1) is 42.8. The Labute approximate surface area is 282 Å². The summed E-state index contributed by atoms with van der Waals surface area (Å²) in [6.45, 7) is 2.54. The van der Waals surface area contributed by atoms with Crippen LogP contribution in [0.4, 0.5) is 0 Å². The van der Waals surface area contributed by atoms with Crippen LogP contribution < -0.4 is 16.8 Å². The van der Waals surface area contributed by atoms with Crippen molar-refractivity contribution in [1.82, 2.24) is 20.2 Å². The van der Waals surface area contributed by atoms with E-state index in [1.807, 2.05) is 12.5 Å². The van der Waals surface area contributed by atoms with Crippen molar-refractivity contribution in [2.75, 3.05) is 62.5 Å². The molecule has 46 heavy (non-hydrogen) atoms. The number of hydrogen-bond acceptors (Lipinski definition) is 14. The van der Waals surface area contributed by atoms with Crippen molar-refractivity contribution < 1.29 is 43.2 Å². The Kier molecular flexibility index (Phi) is 24.1. The van der Waals surface area contributed by atoms with Gasteiger partial charge < -0.3 is 21.6 Å². The van der Waals surface area contributed by atoms with Crippen LogP contribution >= 0.6 is 36.2 Å². The number of nitrogens with zero attached hydrogens (tertiary/aromatic N) is 3. The zero-order valence-corrected chi connectivity index (χ0v) is 28.7. The molecule has 5 N–H and O–H groups in total. The SMILES string of the molecule is CSCCN.CSCCNC(=O)CCCN1C(=O)C=CC1=O.NCCS.O=C(CCCN1C(=O)C=CC1=O)ON1C(=O)CCC1=O. The van der Waals surface area contributed by atoms with Gasteiger partial charge in [0.05, 0.1) is 0 Å². The Balaban J connectivity index is 0.000000703. The average Bonchev–Trinajstić information content (AvgIpc) is 3.65. The van der Waals surface area contributed by atoms with E-state index in [9.17, 15) is 38.4 Å². The molecule has 1 fully saturated rings. The molecule has 0 aromatic heterocycles. The van der Waals surface area contributed by atoms with Gasteiger partial charge in [0.1, 0.15) is 0 Å². The molecule has 0 saturated carbocycles. The van der Waals surface area contributed by atoms with Gasteiger partial charge in [0, 0.05) is 100.0 Å². The van der Waals surface area contributed by atoms with Gasteiger partial charge in [-0.3, -0.25) is 43.4 Å². The third kappa shape index (κ3) is 18.1. The van der Waals surface area contributed by atoms with E-state index in [1.54, 1.807) is 23.5 Å². The topological polar surface area (TPSA) is 220 Å². The fraction of sp³-hybridized carbons (Fsp3) is 0.571. The summed E-state index contributed by atoms with van der Waals surface area (Å²) in [4.78, 5) is 96.8. The molecule has 15 nitrogen and oxygen atoms in total. The minimum atomic E-state index is -0.749. The van der Waals surface area contributed by atoms with Gasteiger partial charge in [-0.1, -0.05) is 0 Å². The third-order valence-corrected chi connectivity index (χ3v) is 7.14. The molecular weight excluding hydrogens is 661 g/mol. The fourth-order valence-corrected chi connectivity index (χ4v) is 3.93. The Morgan fingerprint density at radius 1 is 0.783 bits per heavy atom. The van der Waals surface area contributed by atoms with E-state index in [4.69, 9.17) is 11.5 Å². The summed E-state index contributed by atoms with van der Waals surface area (Å²) in [6, 6.07) is 0. The smallest absolute Gasteiger partial charge is 0.333 e. The molecule has 0 bridgehead atoms. The highest BCUT2D eigenvalue weighted by atomic mass is 32.2. The van der Waals surface area contributed by atoms with Crippen molar-refractivity contribution in [1.29, 1.82) is 0 Å². The van der Waals surface area contributed by atoms with Gasteiger partial charge >= 0.3 is 5.97 Å². The molecule has 0 unspecified atom stereocenters. The van der Waals surface area contributed by atoms with Crippen LogP contribution in [-0.2, 0) is 43.2 Å². The second kappa shape index (κ2) is 25.9. The second-order valence-corrected chi connectivity index (χ2v) is 11.6. The molecule has 7 amide bonds. The van der Waals surface area contributed by atoms with Gasteiger partial charge in [0.2, 0.25) is 5.91 Å². The van der Waals surface area contributed by atoms with E-state index in [2.05, 4.69) is 22.8 Å². The number of thiol groups is 1. The summed E-state index contributed by atoms with van der Waals surface area (Å²) in [5.74, 6) is -0.544. The Morgan fingerprint density at radius 3 is 1.59 bits per heavy atom. The van der Waals surface area contributed by atoms with Crippen LogP contribution in [-0.4, -0.2) is 125 Å². The van der Waals surface area contributed by atoms with Crippen LogP contribution in [0.2, 0.25) is 0 Å². The van der Waals surface area contributed by atoms with Gasteiger partial charge in [-0.2, -0.15) is 36.2 Å². The highest BCUT2D eigenvalue weighted by molar-refractivity contribution is 7.98. The van der Waals surface area contributed by atoms with E-state index in [1.165, 1.54) is 12.2 Å². The number of thioether (sulfide) groups is 2. The van der Waals surface area contributed by atoms with Gasteiger partial charge in [-0.25, -0.2) is 4.79 Å². The maximum atomic E-state index is 11.5. The third-order valence-electron chi connectivity index (χ3n) is 5.63. The number of amides is 7. The highest BCUT2D eigenvalue weighted by Gasteiger charge is 2.33. The summed E-state index contributed by atoms with van der Waals surface area (Å²) < 4.78 is 0. The van der Waals surface area contributed by atoms with Crippen molar-refractivity contribution >= 4 is 83.5 Å². The summed E-state index contributed by atoms with van der Waals surface area (Å²) in [6.07, 6.45) is 9.85. The highest BCUT2D eigenvalue weighted by Crippen LogP contribution is 2.13. The molecule has 1 saturated heterocycles. The first-order chi connectivity index (χ1) is 22.0. The lowest BCUT2D eigenvalue weighted by molar-refractivity contribution is -0.197.